The van der Waals surface area contributed by atoms with Gasteiger partial charge in [-0.3, -0.25) is 0 Å². The number of nitrogens with one attached hydrogen (secondary N) is 1. The molecular weight excluding hydrogens is 201 g/mol. The summed E-state index contributed by atoms with van der Waals surface area (Å²) in [6.45, 7) is 5.07. The smallest absolute Gasteiger partial charge is 0.125 e. The standard InChI is InChI=1S/C14H22FN/c1-3-4-5-6-7-8-16-14-10-12(2)9-13(15)11-14/h9-11,16H,3-8H2,1-2H3. The number of anilines is 1. The highest BCUT2D eigenvalue weighted by Crippen LogP contribution is 2.13. The molecule has 0 fully saturated rings. The van der Waals surface area contributed by atoms with Crippen molar-refractivity contribution in [1.29, 1.82) is 0 Å². The van der Waals surface area contributed by atoms with Crippen molar-refractivity contribution in [3.63, 3.8) is 0 Å². The highest BCUT2D eigenvalue weighted by Gasteiger charge is 1.97. The minimum absolute atomic E-state index is 0.159. The van der Waals surface area contributed by atoms with Gasteiger partial charge in [0.15, 0.2) is 0 Å². The number of halogens is 1. The number of aryl methyl sites for hydroxylation is 1. The molecule has 90 valence electrons. The molecule has 0 aliphatic rings. The first-order valence-corrected chi connectivity index (χ1v) is 6.23. The summed E-state index contributed by atoms with van der Waals surface area (Å²) in [4.78, 5) is 0. The van der Waals surface area contributed by atoms with E-state index in [-0.39, 0.29) is 5.82 Å². The Hall–Kier alpha value is -1.05. The molecule has 0 amide bonds. The van der Waals surface area contributed by atoms with Gasteiger partial charge >= 0.3 is 0 Å². The van der Waals surface area contributed by atoms with Crippen LogP contribution in [0.15, 0.2) is 18.2 Å². The quantitative estimate of drug-likeness (QED) is 0.670. The molecule has 0 heterocycles. The second-order valence-corrected chi connectivity index (χ2v) is 4.36. The molecular formula is C14H22FN. The first kappa shape index (κ1) is 13.0. The van der Waals surface area contributed by atoms with Crippen molar-refractivity contribution in [1.82, 2.24) is 0 Å². The zero-order valence-corrected chi connectivity index (χ0v) is 10.4. The summed E-state index contributed by atoms with van der Waals surface area (Å²) in [6, 6.07) is 5.08. The highest BCUT2D eigenvalue weighted by atomic mass is 19.1. The van der Waals surface area contributed by atoms with Crippen LogP contribution < -0.4 is 5.32 Å². The van der Waals surface area contributed by atoms with E-state index in [0.29, 0.717) is 0 Å². The first-order valence-electron chi connectivity index (χ1n) is 6.23. The number of hydrogen-bond donors (Lipinski definition) is 1. The Morgan fingerprint density at radius 3 is 2.50 bits per heavy atom. The van der Waals surface area contributed by atoms with Gasteiger partial charge in [-0.2, -0.15) is 0 Å². The van der Waals surface area contributed by atoms with Crippen LogP contribution in [0.2, 0.25) is 0 Å². The molecule has 0 radical (unpaired) electrons. The van der Waals surface area contributed by atoms with Gasteiger partial charge in [0.1, 0.15) is 5.82 Å². The molecule has 0 aliphatic carbocycles. The van der Waals surface area contributed by atoms with Gasteiger partial charge in [-0.05, 0) is 37.1 Å². The van der Waals surface area contributed by atoms with Crippen LogP contribution in [0.1, 0.15) is 44.6 Å². The van der Waals surface area contributed by atoms with Gasteiger partial charge < -0.3 is 5.32 Å². The van der Waals surface area contributed by atoms with Gasteiger partial charge in [-0.25, -0.2) is 4.39 Å². The molecule has 1 aromatic rings. The van der Waals surface area contributed by atoms with Crippen LogP contribution in [0, 0.1) is 12.7 Å². The SMILES string of the molecule is CCCCCCCNc1cc(C)cc(F)c1. The minimum atomic E-state index is -0.159. The molecule has 1 nitrogen and oxygen atoms in total. The predicted molar refractivity (Wildman–Crippen MR) is 68.4 cm³/mol. The lowest BCUT2D eigenvalue weighted by molar-refractivity contribution is 0.626. The van der Waals surface area contributed by atoms with Gasteiger partial charge in [-0.15, -0.1) is 0 Å². The molecule has 0 atom stereocenters. The van der Waals surface area contributed by atoms with Gasteiger partial charge in [0.05, 0.1) is 0 Å². The lowest BCUT2D eigenvalue weighted by atomic mass is 10.1. The maximum atomic E-state index is 13.1. The van der Waals surface area contributed by atoms with E-state index in [1.165, 1.54) is 25.7 Å². The fourth-order valence-corrected chi connectivity index (χ4v) is 1.80. The third-order valence-corrected chi connectivity index (χ3v) is 2.65. The largest absolute Gasteiger partial charge is 0.385 e. The number of hydrogen-bond acceptors (Lipinski definition) is 1. The van der Waals surface area contributed by atoms with Crippen molar-refractivity contribution < 1.29 is 4.39 Å². The Kier molecular flexibility index (Phi) is 5.91. The van der Waals surface area contributed by atoms with Crippen LogP contribution in [0.3, 0.4) is 0 Å². The van der Waals surface area contributed by atoms with Crippen molar-refractivity contribution >= 4 is 5.69 Å². The minimum Gasteiger partial charge on any atom is -0.385 e. The maximum Gasteiger partial charge on any atom is 0.125 e. The molecule has 0 unspecified atom stereocenters. The molecule has 0 spiro atoms. The summed E-state index contributed by atoms with van der Waals surface area (Å²) in [5.74, 6) is -0.159. The van der Waals surface area contributed by atoms with E-state index < -0.39 is 0 Å². The lowest BCUT2D eigenvalue weighted by Gasteiger charge is -2.07. The average Bonchev–Trinajstić information content (AvgIpc) is 2.22. The van der Waals surface area contributed by atoms with E-state index in [2.05, 4.69) is 12.2 Å². The molecule has 1 rings (SSSR count). The number of benzene rings is 1. The second-order valence-electron chi connectivity index (χ2n) is 4.36. The maximum absolute atomic E-state index is 13.1. The summed E-state index contributed by atoms with van der Waals surface area (Å²) >= 11 is 0. The third kappa shape index (κ3) is 5.15. The molecule has 0 aliphatic heterocycles. The van der Waals surface area contributed by atoms with E-state index in [1.54, 1.807) is 12.1 Å². The Labute approximate surface area is 98.1 Å². The molecule has 1 N–H and O–H groups in total. The molecule has 1 aromatic carbocycles. The highest BCUT2D eigenvalue weighted by molar-refractivity contribution is 5.45. The van der Waals surface area contributed by atoms with Crippen molar-refractivity contribution in [3.05, 3.63) is 29.6 Å². The number of rotatable bonds is 7. The van der Waals surface area contributed by atoms with E-state index in [9.17, 15) is 4.39 Å². The molecule has 0 aromatic heterocycles. The zero-order chi connectivity index (χ0) is 11.8. The topological polar surface area (TPSA) is 12.0 Å². The van der Waals surface area contributed by atoms with Crippen molar-refractivity contribution in [2.45, 2.75) is 46.0 Å². The monoisotopic (exact) mass is 223 g/mol. The van der Waals surface area contributed by atoms with E-state index in [4.69, 9.17) is 0 Å². The summed E-state index contributed by atoms with van der Waals surface area (Å²) < 4.78 is 13.1. The first-order chi connectivity index (χ1) is 7.72. The Morgan fingerprint density at radius 1 is 1.06 bits per heavy atom. The molecule has 0 bridgehead atoms. The summed E-state index contributed by atoms with van der Waals surface area (Å²) in [7, 11) is 0. The Morgan fingerprint density at radius 2 is 1.81 bits per heavy atom. The van der Waals surface area contributed by atoms with Crippen molar-refractivity contribution in [2.75, 3.05) is 11.9 Å². The van der Waals surface area contributed by atoms with Gasteiger partial charge in [-0.1, -0.05) is 32.6 Å². The summed E-state index contributed by atoms with van der Waals surface area (Å²) in [5, 5.41) is 3.26. The Bertz CT molecular complexity index is 289. The normalized spacial score (nSPS) is 10.4. The summed E-state index contributed by atoms with van der Waals surface area (Å²) in [5.41, 5.74) is 1.86. The fourth-order valence-electron chi connectivity index (χ4n) is 1.80. The summed E-state index contributed by atoms with van der Waals surface area (Å²) in [6.07, 6.45) is 6.32. The van der Waals surface area contributed by atoms with Crippen LogP contribution in [0.5, 0.6) is 0 Å². The lowest BCUT2D eigenvalue weighted by Crippen LogP contribution is -2.02. The molecule has 2 heteroatoms. The average molecular weight is 223 g/mol. The Balaban J connectivity index is 2.21. The van der Waals surface area contributed by atoms with Crippen LogP contribution in [0.25, 0.3) is 0 Å². The molecule has 16 heavy (non-hydrogen) atoms. The molecule has 0 saturated heterocycles. The third-order valence-electron chi connectivity index (χ3n) is 2.65. The van der Waals surface area contributed by atoms with Gasteiger partial charge in [0.2, 0.25) is 0 Å². The van der Waals surface area contributed by atoms with E-state index >= 15 is 0 Å². The molecule has 0 saturated carbocycles. The van der Waals surface area contributed by atoms with Crippen LogP contribution in [0.4, 0.5) is 10.1 Å². The number of unbranched alkanes of at least 4 members (excludes halogenated alkanes) is 4. The van der Waals surface area contributed by atoms with Gasteiger partial charge in [0.25, 0.3) is 0 Å². The van der Waals surface area contributed by atoms with Crippen LogP contribution >= 0.6 is 0 Å². The van der Waals surface area contributed by atoms with Crippen molar-refractivity contribution in [3.8, 4) is 0 Å². The van der Waals surface area contributed by atoms with E-state index in [0.717, 1.165) is 24.2 Å². The van der Waals surface area contributed by atoms with E-state index in [1.807, 2.05) is 13.0 Å². The zero-order valence-electron chi connectivity index (χ0n) is 10.4. The fraction of sp³-hybridized carbons (Fsp3) is 0.571. The second kappa shape index (κ2) is 7.26. The predicted octanol–water partition coefficient (Wildman–Crippen LogP) is 4.52. The van der Waals surface area contributed by atoms with Crippen LogP contribution in [-0.4, -0.2) is 6.54 Å². The van der Waals surface area contributed by atoms with Crippen molar-refractivity contribution in [2.24, 2.45) is 0 Å². The van der Waals surface area contributed by atoms with Gasteiger partial charge in [0, 0.05) is 12.2 Å². The van der Waals surface area contributed by atoms with Crippen LogP contribution in [-0.2, 0) is 0 Å².